The van der Waals surface area contributed by atoms with Gasteiger partial charge in [-0.25, -0.2) is 0 Å². The van der Waals surface area contributed by atoms with E-state index in [1.165, 1.54) is 0 Å². The highest BCUT2D eigenvalue weighted by Gasteiger charge is 2.32. The Labute approximate surface area is 79.6 Å². The van der Waals surface area contributed by atoms with E-state index in [1.807, 2.05) is 13.0 Å². The molecule has 1 heterocycles. The Hall–Kier alpha value is -0.830. The minimum Gasteiger partial charge on any atom is -0.369 e. The average Bonchev–Trinajstić information content (AvgIpc) is 2.43. The molecule has 2 atom stereocenters. The molecule has 0 aromatic rings. The van der Waals surface area contributed by atoms with Crippen molar-refractivity contribution in [2.24, 2.45) is 17.6 Å². The molecular weight excluding hydrogens is 164 g/mol. The van der Waals surface area contributed by atoms with Crippen molar-refractivity contribution in [1.82, 2.24) is 4.90 Å². The van der Waals surface area contributed by atoms with Crippen molar-refractivity contribution in [2.45, 2.75) is 13.8 Å². The predicted molar refractivity (Wildman–Crippen MR) is 53.1 cm³/mol. The first-order chi connectivity index (χ1) is 6.15. The van der Waals surface area contributed by atoms with Gasteiger partial charge in [0, 0.05) is 19.6 Å². The van der Waals surface area contributed by atoms with Crippen LogP contribution in [0.2, 0.25) is 0 Å². The molecule has 0 spiro atoms. The Morgan fingerprint density at radius 2 is 2.31 bits per heavy atom. The number of likely N-dealkylation sites (tertiary alicyclic amines) is 1. The van der Waals surface area contributed by atoms with E-state index in [2.05, 4.69) is 17.9 Å². The van der Waals surface area contributed by atoms with E-state index in [4.69, 9.17) is 5.73 Å². The van der Waals surface area contributed by atoms with Gasteiger partial charge < -0.3 is 5.73 Å². The van der Waals surface area contributed by atoms with Crippen LogP contribution in [0.4, 0.5) is 0 Å². The highest BCUT2D eigenvalue weighted by Crippen LogP contribution is 2.21. The van der Waals surface area contributed by atoms with E-state index < -0.39 is 0 Å². The number of primary amides is 1. The predicted octanol–water partition coefficient (Wildman–Crippen LogP) is 0.616. The standard InChI is InChI=1S/C10H18N2O/c1-3-4-5-12-6-8(2)9(7-12)10(11)13/h3-4,8-9H,5-7H2,1-2H3,(H2,11,13)/b4-3+/t8-,9-/m1/s1. The molecule has 0 aromatic heterocycles. The fraction of sp³-hybridized carbons (Fsp3) is 0.700. The zero-order chi connectivity index (χ0) is 9.84. The molecule has 0 radical (unpaired) electrons. The Morgan fingerprint density at radius 1 is 1.62 bits per heavy atom. The molecule has 0 unspecified atom stereocenters. The van der Waals surface area contributed by atoms with Crippen LogP contribution in [0.25, 0.3) is 0 Å². The minimum atomic E-state index is -0.157. The summed E-state index contributed by atoms with van der Waals surface area (Å²) >= 11 is 0. The fourth-order valence-corrected chi connectivity index (χ4v) is 1.84. The zero-order valence-corrected chi connectivity index (χ0v) is 8.36. The van der Waals surface area contributed by atoms with Crippen LogP contribution >= 0.6 is 0 Å². The number of amides is 1. The number of allylic oxidation sites excluding steroid dienone is 1. The monoisotopic (exact) mass is 182 g/mol. The van der Waals surface area contributed by atoms with Gasteiger partial charge >= 0.3 is 0 Å². The van der Waals surface area contributed by atoms with E-state index >= 15 is 0 Å². The first-order valence-electron chi connectivity index (χ1n) is 4.78. The first kappa shape index (κ1) is 10.3. The van der Waals surface area contributed by atoms with Crippen LogP contribution in [0, 0.1) is 11.8 Å². The molecule has 1 aliphatic rings. The van der Waals surface area contributed by atoms with Crippen LogP contribution in [0.3, 0.4) is 0 Å². The van der Waals surface area contributed by atoms with Gasteiger partial charge in [-0.1, -0.05) is 19.1 Å². The molecule has 13 heavy (non-hydrogen) atoms. The van der Waals surface area contributed by atoms with Crippen molar-refractivity contribution in [3.05, 3.63) is 12.2 Å². The van der Waals surface area contributed by atoms with Crippen LogP contribution in [0.5, 0.6) is 0 Å². The largest absolute Gasteiger partial charge is 0.369 e. The van der Waals surface area contributed by atoms with Gasteiger partial charge in [0.1, 0.15) is 0 Å². The van der Waals surface area contributed by atoms with E-state index in [-0.39, 0.29) is 11.8 Å². The van der Waals surface area contributed by atoms with Gasteiger partial charge in [0.2, 0.25) is 5.91 Å². The van der Waals surface area contributed by atoms with Crippen molar-refractivity contribution in [2.75, 3.05) is 19.6 Å². The summed E-state index contributed by atoms with van der Waals surface area (Å²) in [5.74, 6) is 0.295. The third kappa shape index (κ3) is 2.56. The second kappa shape index (κ2) is 4.42. The molecule has 0 saturated carbocycles. The average molecular weight is 182 g/mol. The smallest absolute Gasteiger partial charge is 0.222 e. The van der Waals surface area contributed by atoms with E-state index in [0.717, 1.165) is 19.6 Å². The SMILES string of the molecule is C/C=C/CN1C[C@@H](C)[C@H](C(N)=O)C1. The second-order valence-corrected chi connectivity index (χ2v) is 3.77. The lowest BCUT2D eigenvalue weighted by molar-refractivity contribution is -0.122. The molecule has 3 heteroatoms. The van der Waals surface area contributed by atoms with Gasteiger partial charge in [-0.2, -0.15) is 0 Å². The number of rotatable bonds is 3. The molecule has 3 nitrogen and oxygen atoms in total. The van der Waals surface area contributed by atoms with Crippen LogP contribution in [-0.2, 0) is 4.79 Å². The summed E-state index contributed by atoms with van der Waals surface area (Å²) in [7, 11) is 0. The van der Waals surface area contributed by atoms with Crippen LogP contribution < -0.4 is 5.73 Å². The molecule has 1 amide bonds. The Balaban J connectivity index is 2.45. The summed E-state index contributed by atoms with van der Waals surface area (Å²) in [6.45, 7) is 6.83. The number of nitrogens with two attached hydrogens (primary N) is 1. The molecule has 1 saturated heterocycles. The minimum absolute atomic E-state index is 0.0465. The van der Waals surface area contributed by atoms with Gasteiger partial charge in [-0.3, -0.25) is 9.69 Å². The van der Waals surface area contributed by atoms with Gasteiger partial charge in [0.15, 0.2) is 0 Å². The summed E-state index contributed by atoms with van der Waals surface area (Å²) in [5.41, 5.74) is 5.30. The Kier molecular flexibility index (Phi) is 3.48. The van der Waals surface area contributed by atoms with Crippen molar-refractivity contribution in [1.29, 1.82) is 0 Å². The quantitative estimate of drug-likeness (QED) is 0.650. The Morgan fingerprint density at radius 3 is 2.77 bits per heavy atom. The normalized spacial score (nSPS) is 30.0. The van der Waals surface area contributed by atoms with Crippen LogP contribution in [0.1, 0.15) is 13.8 Å². The zero-order valence-electron chi connectivity index (χ0n) is 8.36. The first-order valence-corrected chi connectivity index (χ1v) is 4.78. The van der Waals surface area contributed by atoms with E-state index in [1.54, 1.807) is 0 Å². The summed E-state index contributed by atoms with van der Waals surface area (Å²) < 4.78 is 0. The number of carbonyl (C=O) groups is 1. The van der Waals surface area contributed by atoms with Crippen molar-refractivity contribution in [3.63, 3.8) is 0 Å². The highest BCUT2D eigenvalue weighted by atomic mass is 16.1. The molecule has 1 rings (SSSR count). The maximum absolute atomic E-state index is 11.0. The van der Waals surface area contributed by atoms with Crippen LogP contribution in [0.15, 0.2) is 12.2 Å². The molecule has 0 bridgehead atoms. The fourth-order valence-electron chi connectivity index (χ4n) is 1.84. The lowest BCUT2D eigenvalue weighted by Gasteiger charge is -2.11. The third-order valence-electron chi connectivity index (χ3n) is 2.65. The van der Waals surface area contributed by atoms with Crippen molar-refractivity contribution in [3.8, 4) is 0 Å². The van der Waals surface area contributed by atoms with Crippen molar-refractivity contribution < 1.29 is 4.79 Å². The van der Waals surface area contributed by atoms with Crippen molar-refractivity contribution >= 4 is 5.91 Å². The summed E-state index contributed by atoms with van der Waals surface area (Å²) in [6.07, 6.45) is 4.14. The van der Waals surface area contributed by atoms with Crippen LogP contribution in [-0.4, -0.2) is 30.4 Å². The molecule has 1 aliphatic heterocycles. The topological polar surface area (TPSA) is 46.3 Å². The molecule has 1 fully saturated rings. The molecule has 0 aromatic carbocycles. The molecule has 74 valence electrons. The maximum atomic E-state index is 11.0. The maximum Gasteiger partial charge on any atom is 0.222 e. The summed E-state index contributed by atoms with van der Waals surface area (Å²) in [4.78, 5) is 13.3. The molecular formula is C10H18N2O. The van der Waals surface area contributed by atoms with E-state index in [0.29, 0.717) is 5.92 Å². The van der Waals surface area contributed by atoms with Gasteiger partial charge in [0.05, 0.1) is 5.92 Å². The lowest BCUT2D eigenvalue weighted by Crippen LogP contribution is -2.29. The van der Waals surface area contributed by atoms with Gasteiger partial charge in [-0.05, 0) is 12.8 Å². The molecule has 0 aliphatic carbocycles. The van der Waals surface area contributed by atoms with Gasteiger partial charge in [0.25, 0.3) is 0 Å². The van der Waals surface area contributed by atoms with Gasteiger partial charge in [-0.15, -0.1) is 0 Å². The Bertz CT molecular complexity index is 213. The summed E-state index contributed by atoms with van der Waals surface area (Å²) in [6, 6.07) is 0. The number of hydrogen-bond acceptors (Lipinski definition) is 2. The highest BCUT2D eigenvalue weighted by molar-refractivity contribution is 5.77. The number of hydrogen-bond donors (Lipinski definition) is 1. The van der Waals surface area contributed by atoms with E-state index in [9.17, 15) is 4.79 Å². The third-order valence-corrected chi connectivity index (χ3v) is 2.65. The summed E-state index contributed by atoms with van der Waals surface area (Å²) in [5, 5.41) is 0. The number of carbonyl (C=O) groups excluding carboxylic acids is 1. The lowest BCUT2D eigenvalue weighted by atomic mass is 9.98. The molecule has 2 N–H and O–H groups in total. The number of nitrogens with zero attached hydrogens (tertiary/aromatic N) is 1. The second-order valence-electron chi connectivity index (χ2n) is 3.77.